The van der Waals surface area contributed by atoms with Crippen LogP contribution in [0.2, 0.25) is 0 Å². The van der Waals surface area contributed by atoms with Crippen molar-refractivity contribution in [3.63, 3.8) is 0 Å². The first-order valence-electron chi connectivity index (χ1n) is 10.5. The van der Waals surface area contributed by atoms with Crippen molar-refractivity contribution in [2.24, 2.45) is 0 Å². The lowest BCUT2D eigenvalue weighted by Crippen LogP contribution is -2.00. The maximum absolute atomic E-state index is 9.56. The van der Waals surface area contributed by atoms with Crippen LogP contribution in [-0.4, -0.2) is 76.2 Å². The van der Waals surface area contributed by atoms with E-state index in [0.717, 1.165) is 26.2 Å². The van der Waals surface area contributed by atoms with Gasteiger partial charge >= 0.3 is 0 Å². The zero-order chi connectivity index (χ0) is 22.3. The van der Waals surface area contributed by atoms with Crippen LogP contribution in [0.15, 0.2) is 0 Å². The van der Waals surface area contributed by atoms with Gasteiger partial charge in [-0.2, -0.15) is 0 Å². The Morgan fingerprint density at radius 2 is 1.07 bits per heavy atom. The summed E-state index contributed by atoms with van der Waals surface area (Å²) >= 11 is -0.611. The van der Waals surface area contributed by atoms with Crippen LogP contribution in [0.1, 0.15) is 72.1 Å². The molecule has 0 heterocycles. The molecule has 0 fully saturated rings. The van der Waals surface area contributed by atoms with Gasteiger partial charge in [-0.1, -0.05) is 64.1 Å². The summed E-state index contributed by atoms with van der Waals surface area (Å²) in [5, 5.41) is 8.34. The molecule has 0 radical (unpaired) electrons. The molecule has 0 aromatic rings. The molecule has 6 nitrogen and oxygen atoms in total. The monoisotopic (exact) mass is 430 g/mol. The lowest BCUT2D eigenvalue weighted by molar-refractivity contribution is -0.00272. The Bertz CT molecular complexity index is 191. The molecular formula is C21H50O6S. The largest absolute Gasteiger partial charge is 0.617 e. The summed E-state index contributed by atoms with van der Waals surface area (Å²) in [6, 6.07) is 0. The maximum atomic E-state index is 9.56. The predicted octanol–water partition coefficient (Wildman–Crippen LogP) is 4.41. The molecule has 0 saturated carbocycles. The third kappa shape index (κ3) is 72.1. The smallest absolute Gasteiger partial charge is 0.145 e. The van der Waals surface area contributed by atoms with Gasteiger partial charge in [-0.05, 0) is 19.3 Å². The molecule has 0 aliphatic heterocycles. The minimum atomic E-state index is -0.611. The standard InChI is InChI=1S/C8H18O2.C8H18O.C3H8O2.C2H6OS/c1-2-3-4-5-7-10-8-6-9;1-3-5-7-9-8-6-4-2;1-4-3-5-2;1-4(2)3/h9H,2-8H2,1H3;3-8H2,1-2H3;3H2,1-2H3;1-2H3. The van der Waals surface area contributed by atoms with Crippen LogP contribution < -0.4 is 0 Å². The van der Waals surface area contributed by atoms with Gasteiger partial charge in [-0.25, -0.2) is 0 Å². The minimum Gasteiger partial charge on any atom is -0.617 e. The van der Waals surface area contributed by atoms with Crippen molar-refractivity contribution in [1.82, 2.24) is 0 Å². The third-order valence-electron chi connectivity index (χ3n) is 2.90. The van der Waals surface area contributed by atoms with Gasteiger partial charge in [0, 0.05) is 34.0 Å². The van der Waals surface area contributed by atoms with E-state index in [0.29, 0.717) is 13.4 Å². The molecule has 0 atom stereocenters. The van der Waals surface area contributed by atoms with Crippen LogP contribution >= 0.6 is 0 Å². The van der Waals surface area contributed by atoms with Crippen molar-refractivity contribution in [3.05, 3.63) is 0 Å². The molecule has 0 bridgehead atoms. The molecular weight excluding hydrogens is 380 g/mol. The molecule has 7 heteroatoms. The van der Waals surface area contributed by atoms with Gasteiger partial charge < -0.3 is 28.6 Å². The van der Waals surface area contributed by atoms with Gasteiger partial charge in [0.2, 0.25) is 0 Å². The summed E-state index contributed by atoms with van der Waals surface area (Å²) in [5.74, 6) is 0. The highest BCUT2D eigenvalue weighted by Crippen LogP contribution is 1.98. The second kappa shape index (κ2) is 41.5. The predicted molar refractivity (Wildman–Crippen MR) is 122 cm³/mol. The average molecular weight is 431 g/mol. The Morgan fingerprint density at radius 1 is 0.679 bits per heavy atom. The number of aliphatic hydroxyl groups excluding tert-OH is 1. The molecule has 0 unspecified atom stereocenters. The first kappa shape index (κ1) is 35.5. The number of hydrogen-bond acceptors (Lipinski definition) is 6. The molecule has 0 rings (SSSR count). The highest BCUT2D eigenvalue weighted by atomic mass is 32.2. The van der Waals surface area contributed by atoms with Gasteiger partial charge in [0.1, 0.15) is 6.79 Å². The zero-order valence-corrected chi connectivity index (χ0v) is 20.6. The molecule has 0 aliphatic carbocycles. The molecule has 176 valence electrons. The van der Waals surface area contributed by atoms with E-state index >= 15 is 0 Å². The van der Waals surface area contributed by atoms with E-state index in [1.54, 1.807) is 26.7 Å². The fourth-order valence-corrected chi connectivity index (χ4v) is 1.51. The van der Waals surface area contributed by atoms with Crippen LogP contribution in [0.4, 0.5) is 0 Å². The van der Waals surface area contributed by atoms with Crippen LogP contribution in [0.5, 0.6) is 0 Å². The van der Waals surface area contributed by atoms with Gasteiger partial charge in [-0.15, -0.1) is 0 Å². The van der Waals surface area contributed by atoms with Crippen LogP contribution in [-0.2, 0) is 30.1 Å². The summed E-state index contributed by atoms with van der Waals surface area (Å²) in [6.07, 6.45) is 13.1. The van der Waals surface area contributed by atoms with E-state index in [1.165, 1.54) is 44.9 Å². The van der Waals surface area contributed by atoms with Crippen molar-refractivity contribution < 1.29 is 28.6 Å². The van der Waals surface area contributed by atoms with Crippen molar-refractivity contribution in [1.29, 1.82) is 0 Å². The second-order valence-corrected chi connectivity index (χ2v) is 7.64. The van der Waals surface area contributed by atoms with Crippen molar-refractivity contribution >= 4 is 11.2 Å². The van der Waals surface area contributed by atoms with E-state index in [-0.39, 0.29) is 6.61 Å². The Morgan fingerprint density at radius 3 is 1.39 bits per heavy atom. The summed E-state index contributed by atoms with van der Waals surface area (Å²) in [7, 11) is 3.17. The third-order valence-corrected chi connectivity index (χ3v) is 2.90. The molecule has 0 saturated heterocycles. The van der Waals surface area contributed by atoms with Crippen LogP contribution in [0.3, 0.4) is 0 Å². The van der Waals surface area contributed by atoms with Crippen LogP contribution in [0.25, 0.3) is 0 Å². The number of hydrogen-bond donors (Lipinski definition) is 1. The molecule has 0 aromatic carbocycles. The number of methoxy groups -OCH3 is 2. The van der Waals surface area contributed by atoms with Gasteiger partial charge in [-0.3, -0.25) is 0 Å². The highest BCUT2D eigenvalue weighted by molar-refractivity contribution is 7.89. The molecule has 0 aromatic heterocycles. The number of aliphatic hydroxyl groups is 1. The average Bonchev–Trinajstić information content (AvgIpc) is 2.66. The van der Waals surface area contributed by atoms with E-state index < -0.39 is 11.2 Å². The molecule has 28 heavy (non-hydrogen) atoms. The molecule has 0 aliphatic rings. The molecule has 1 N–H and O–H groups in total. The van der Waals surface area contributed by atoms with Crippen molar-refractivity contribution in [2.45, 2.75) is 72.1 Å². The first-order chi connectivity index (χ1) is 13.5. The second-order valence-electron chi connectivity index (χ2n) is 6.15. The molecule has 0 spiro atoms. The number of unbranched alkanes of at least 4 members (excludes halogenated alkanes) is 5. The van der Waals surface area contributed by atoms with Gasteiger partial charge in [0.25, 0.3) is 0 Å². The quantitative estimate of drug-likeness (QED) is 0.235. The summed E-state index contributed by atoms with van der Waals surface area (Å²) in [6.45, 7) is 10.3. The SMILES string of the molecule is CCCCCCOCCO.CCCCOCCCC.COCOC.C[S+](C)[O-]. The van der Waals surface area contributed by atoms with Crippen molar-refractivity contribution in [3.8, 4) is 0 Å². The minimum absolute atomic E-state index is 0.147. The normalized spacial score (nSPS) is 9.64. The zero-order valence-electron chi connectivity index (χ0n) is 19.8. The van der Waals surface area contributed by atoms with Crippen molar-refractivity contribution in [2.75, 3.05) is 66.6 Å². The fourth-order valence-electron chi connectivity index (χ4n) is 1.51. The Kier molecular flexibility index (Phi) is 52.6. The van der Waals surface area contributed by atoms with E-state index in [9.17, 15) is 4.55 Å². The maximum Gasteiger partial charge on any atom is 0.145 e. The Hall–Kier alpha value is 0.110. The number of rotatable bonds is 15. The summed E-state index contributed by atoms with van der Waals surface area (Å²) in [4.78, 5) is 0. The van der Waals surface area contributed by atoms with Gasteiger partial charge in [0.05, 0.1) is 25.7 Å². The number of ether oxygens (including phenoxy) is 4. The topological polar surface area (TPSA) is 80.2 Å². The lowest BCUT2D eigenvalue weighted by atomic mass is 10.2. The van der Waals surface area contributed by atoms with E-state index in [2.05, 4.69) is 30.2 Å². The fraction of sp³-hybridized carbons (Fsp3) is 1.00. The highest BCUT2D eigenvalue weighted by Gasteiger charge is 1.87. The van der Waals surface area contributed by atoms with E-state index in [1.807, 2.05) is 0 Å². The molecule has 0 amide bonds. The summed E-state index contributed by atoms with van der Waals surface area (Å²) in [5.41, 5.74) is 0. The Labute approximate surface area is 178 Å². The van der Waals surface area contributed by atoms with E-state index in [4.69, 9.17) is 14.6 Å². The lowest BCUT2D eigenvalue weighted by Gasteiger charge is -2.00. The van der Waals surface area contributed by atoms with Crippen LogP contribution in [0, 0.1) is 0 Å². The summed E-state index contributed by atoms with van der Waals surface area (Å²) < 4.78 is 28.9. The first-order valence-corrected chi connectivity index (χ1v) is 12.4. The van der Waals surface area contributed by atoms with Gasteiger partial charge in [0.15, 0.2) is 0 Å². The Balaban J connectivity index is -0.000000146.